The fourth-order valence-corrected chi connectivity index (χ4v) is 7.13. The average Bonchev–Trinajstić information content (AvgIpc) is 3.84. The van der Waals surface area contributed by atoms with Crippen molar-refractivity contribution in [1.82, 2.24) is 0 Å². The van der Waals surface area contributed by atoms with E-state index in [0.29, 0.717) is 0 Å². The fraction of sp³-hybridized carbons (Fsp3) is 0.220. The molecule has 1 aliphatic rings. The molecule has 0 atom stereocenters. The number of hydrogen-bond donors (Lipinski definition) is 0. The van der Waals surface area contributed by atoms with Crippen LogP contribution in [-0.4, -0.2) is 14.2 Å². The Hall–Kier alpha value is -4.96. The number of fused-ring (bicyclic) bond motifs is 3. The quantitative estimate of drug-likeness (QED) is 0.158. The first-order chi connectivity index (χ1) is 22.1. The number of benzene rings is 4. The highest BCUT2D eigenvalue weighted by Crippen LogP contribution is 2.55. The van der Waals surface area contributed by atoms with E-state index in [0.717, 1.165) is 82.5 Å². The van der Waals surface area contributed by atoms with Gasteiger partial charge in [0.1, 0.15) is 34.5 Å². The van der Waals surface area contributed by atoms with Crippen molar-refractivity contribution < 1.29 is 18.3 Å². The number of ether oxygens (including phenoxy) is 2. The topological polar surface area (TPSA) is 44.7 Å². The third-order valence-corrected chi connectivity index (χ3v) is 9.24. The Labute approximate surface area is 265 Å². The van der Waals surface area contributed by atoms with Gasteiger partial charge < -0.3 is 18.3 Å². The molecule has 1 aliphatic carbocycles. The van der Waals surface area contributed by atoms with Gasteiger partial charge in [-0.15, -0.1) is 0 Å². The molecule has 0 amide bonds. The molecule has 6 aromatic rings. The molecule has 0 saturated carbocycles. The van der Waals surface area contributed by atoms with Crippen molar-refractivity contribution in [2.45, 2.75) is 44.9 Å². The zero-order chi connectivity index (χ0) is 31.0. The minimum atomic E-state index is -0.0724. The summed E-state index contributed by atoms with van der Waals surface area (Å²) in [5.41, 5.74) is 9.64. The van der Waals surface area contributed by atoms with E-state index in [1.54, 1.807) is 14.2 Å². The number of furan rings is 2. The van der Waals surface area contributed by atoms with Crippen molar-refractivity contribution in [3.05, 3.63) is 120 Å². The lowest BCUT2D eigenvalue weighted by Gasteiger charge is -2.32. The maximum Gasteiger partial charge on any atom is 0.134 e. The molecular weight excluding hydrogens is 556 g/mol. The molecule has 0 saturated heterocycles. The lowest BCUT2D eigenvalue weighted by atomic mass is 9.71. The van der Waals surface area contributed by atoms with Gasteiger partial charge in [-0.05, 0) is 120 Å². The lowest BCUT2D eigenvalue weighted by Crippen LogP contribution is -2.25. The van der Waals surface area contributed by atoms with Gasteiger partial charge >= 0.3 is 0 Å². The molecule has 4 heteroatoms. The summed E-state index contributed by atoms with van der Waals surface area (Å²) in [5, 5.41) is 0. The van der Waals surface area contributed by atoms with Gasteiger partial charge in [0.2, 0.25) is 0 Å². The van der Waals surface area contributed by atoms with Crippen LogP contribution in [-0.2, 0) is 5.41 Å². The van der Waals surface area contributed by atoms with Gasteiger partial charge in [-0.2, -0.15) is 0 Å². The molecule has 0 bridgehead atoms. The first-order valence-electron chi connectivity index (χ1n) is 15.9. The highest BCUT2D eigenvalue weighted by atomic mass is 16.5. The predicted molar refractivity (Wildman–Crippen MR) is 182 cm³/mol. The van der Waals surface area contributed by atoms with E-state index < -0.39 is 0 Å². The van der Waals surface area contributed by atoms with Crippen LogP contribution in [0, 0.1) is 0 Å². The maximum absolute atomic E-state index is 6.42. The monoisotopic (exact) mass is 594 g/mol. The van der Waals surface area contributed by atoms with Crippen LogP contribution in [0.1, 0.15) is 50.7 Å². The highest BCUT2D eigenvalue weighted by molar-refractivity contribution is 5.85. The minimum Gasteiger partial charge on any atom is -0.497 e. The van der Waals surface area contributed by atoms with E-state index in [-0.39, 0.29) is 5.41 Å². The summed E-state index contributed by atoms with van der Waals surface area (Å²) in [6.45, 7) is 4.59. The summed E-state index contributed by atoms with van der Waals surface area (Å²) >= 11 is 0. The fourth-order valence-electron chi connectivity index (χ4n) is 7.13. The van der Waals surface area contributed by atoms with Crippen LogP contribution in [0.4, 0.5) is 0 Å². The van der Waals surface area contributed by atoms with Crippen molar-refractivity contribution in [2.24, 2.45) is 0 Å². The van der Waals surface area contributed by atoms with Gasteiger partial charge in [0.15, 0.2) is 0 Å². The number of hydrogen-bond acceptors (Lipinski definition) is 4. The van der Waals surface area contributed by atoms with E-state index in [1.807, 2.05) is 48.5 Å². The number of methoxy groups -OCH3 is 2. The van der Waals surface area contributed by atoms with E-state index >= 15 is 0 Å². The molecule has 0 radical (unpaired) electrons. The summed E-state index contributed by atoms with van der Waals surface area (Å²) < 4.78 is 23.5. The molecule has 7 rings (SSSR count). The second-order valence-electron chi connectivity index (χ2n) is 11.9. The van der Waals surface area contributed by atoms with Gasteiger partial charge in [0.25, 0.3) is 0 Å². The largest absolute Gasteiger partial charge is 0.497 e. The zero-order valence-corrected chi connectivity index (χ0v) is 26.4. The molecule has 2 heterocycles. The summed E-state index contributed by atoms with van der Waals surface area (Å²) in [4.78, 5) is 0. The number of rotatable bonds is 10. The normalized spacial score (nSPS) is 13.0. The SMILES string of the molecule is CCCC1(CCC)c2cc(-c3ccc(-c4ccc(OC)cc4)o3)ccc2-c2ccc(-c3ccc(-c4ccc(OC)cc4)o3)cc21. The Morgan fingerprint density at radius 1 is 0.467 bits per heavy atom. The first-order valence-corrected chi connectivity index (χ1v) is 15.9. The van der Waals surface area contributed by atoms with E-state index in [9.17, 15) is 0 Å². The molecule has 2 aromatic heterocycles. The molecule has 0 unspecified atom stereocenters. The van der Waals surface area contributed by atoms with Crippen LogP contribution < -0.4 is 9.47 Å². The standard InChI is InChI=1S/C41H38O4/c1-5-23-41(24-6-2)35-25-29(39-21-19-37(44-39)27-7-13-31(42-3)14-8-27)11-17-33(35)34-18-12-30(26-36(34)41)40-22-20-38(45-40)28-9-15-32(43-4)16-10-28/h7-22,25-26H,5-6,23-24H2,1-4H3. The van der Waals surface area contributed by atoms with Crippen molar-refractivity contribution in [1.29, 1.82) is 0 Å². The van der Waals surface area contributed by atoms with Crippen molar-refractivity contribution >= 4 is 0 Å². The Balaban J connectivity index is 1.26. The van der Waals surface area contributed by atoms with E-state index in [4.69, 9.17) is 18.3 Å². The first kappa shape index (κ1) is 28.8. The van der Waals surface area contributed by atoms with Crippen LogP contribution in [0.15, 0.2) is 118 Å². The molecule has 0 fully saturated rings. The Morgan fingerprint density at radius 2 is 0.822 bits per heavy atom. The lowest BCUT2D eigenvalue weighted by molar-refractivity contribution is 0.414. The molecule has 0 aliphatic heterocycles. The van der Waals surface area contributed by atoms with E-state index in [2.05, 4.69) is 74.5 Å². The second-order valence-corrected chi connectivity index (χ2v) is 11.9. The van der Waals surface area contributed by atoms with Crippen LogP contribution in [0.25, 0.3) is 56.4 Å². The molecular formula is C41H38O4. The molecule has 0 spiro atoms. The van der Waals surface area contributed by atoms with Gasteiger partial charge in [-0.3, -0.25) is 0 Å². The Kier molecular flexibility index (Phi) is 7.58. The third-order valence-electron chi connectivity index (χ3n) is 9.24. The third kappa shape index (κ3) is 5.04. The zero-order valence-electron chi connectivity index (χ0n) is 26.4. The Morgan fingerprint density at radius 3 is 1.18 bits per heavy atom. The highest BCUT2D eigenvalue weighted by Gasteiger charge is 2.42. The van der Waals surface area contributed by atoms with Crippen LogP contribution in [0.5, 0.6) is 11.5 Å². The van der Waals surface area contributed by atoms with Crippen molar-refractivity contribution in [2.75, 3.05) is 14.2 Å². The summed E-state index contributed by atoms with van der Waals surface area (Å²) in [7, 11) is 3.36. The van der Waals surface area contributed by atoms with Gasteiger partial charge in [-0.1, -0.05) is 51.0 Å². The van der Waals surface area contributed by atoms with Gasteiger partial charge in [0.05, 0.1) is 14.2 Å². The molecule has 4 nitrogen and oxygen atoms in total. The second kappa shape index (κ2) is 11.9. The van der Waals surface area contributed by atoms with Crippen molar-refractivity contribution in [3.63, 3.8) is 0 Å². The predicted octanol–water partition coefficient (Wildman–Crippen LogP) is 11.4. The van der Waals surface area contributed by atoms with Crippen LogP contribution in [0.2, 0.25) is 0 Å². The van der Waals surface area contributed by atoms with Gasteiger partial charge in [-0.25, -0.2) is 0 Å². The van der Waals surface area contributed by atoms with Crippen LogP contribution in [0.3, 0.4) is 0 Å². The average molecular weight is 595 g/mol. The Bertz CT molecular complexity index is 1800. The van der Waals surface area contributed by atoms with Crippen molar-refractivity contribution in [3.8, 4) is 67.9 Å². The minimum absolute atomic E-state index is 0.0724. The smallest absolute Gasteiger partial charge is 0.134 e. The van der Waals surface area contributed by atoms with E-state index in [1.165, 1.54) is 22.3 Å². The van der Waals surface area contributed by atoms with Gasteiger partial charge in [0, 0.05) is 27.7 Å². The maximum atomic E-state index is 6.42. The molecule has 45 heavy (non-hydrogen) atoms. The summed E-state index contributed by atoms with van der Waals surface area (Å²) in [5.74, 6) is 5.12. The summed E-state index contributed by atoms with van der Waals surface area (Å²) in [6.07, 6.45) is 4.35. The molecule has 4 aromatic carbocycles. The summed E-state index contributed by atoms with van der Waals surface area (Å²) in [6, 6.07) is 38.0. The molecule has 0 N–H and O–H groups in total. The van der Waals surface area contributed by atoms with Crippen LogP contribution >= 0.6 is 0 Å². The molecule has 226 valence electrons.